The SMILES string of the molecule is COc1ccc2c(c1)C(=CC(=O)c1cccc(C(=O)NCc3cccc(Cl)c3)c1)NC(C)(C)C2. The lowest BCUT2D eigenvalue weighted by Crippen LogP contribution is -2.43. The van der Waals surface area contributed by atoms with E-state index in [1.165, 1.54) is 0 Å². The van der Waals surface area contributed by atoms with Crippen molar-refractivity contribution in [3.8, 4) is 5.75 Å². The van der Waals surface area contributed by atoms with Crippen LogP contribution in [0, 0.1) is 0 Å². The van der Waals surface area contributed by atoms with E-state index in [-0.39, 0.29) is 17.2 Å². The second kappa shape index (κ2) is 9.74. The molecule has 2 N–H and O–H groups in total. The molecule has 0 aliphatic carbocycles. The second-order valence-electron chi connectivity index (χ2n) is 9.02. The number of ether oxygens (including phenoxy) is 1. The number of ketones is 1. The Kier molecular flexibility index (Phi) is 6.75. The fourth-order valence-corrected chi connectivity index (χ4v) is 4.33. The quantitative estimate of drug-likeness (QED) is 0.369. The van der Waals surface area contributed by atoms with Crippen molar-refractivity contribution in [2.45, 2.75) is 32.4 Å². The summed E-state index contributed by atoms with van der Waals surface area (Å²) in [6.07, 6.45) is 2.43. The van der Waals surface area contributed by atoms with Crippen molar-refractivity contribution in [1.82, 2.24) is 10.6 Å². The van der Waals surface area contributed by atoms with Gasteiger partial charge < -0.3 is 15.4 Å². The minimum atomic E-state index is -0.255. The van der Waals surface area contributed by atoms with Gasteiger partial charge in [-0.3, -0.25) is 9.59 Å². The topological polar surface area (TPSA) is 67.4 Å². The molecule has 0 saturated heterocycles. The molecule has 4 rings (SSSR count). The first kappa shape index (κ1) is 23.6. The summed E-state index contributed by atoms with van der Waals surface area (Å²) >= 11 is 6.01. The van der Waals surface area contributed by atoms with E-state index in [0.29, 0.717) is 22.7 Å². The van der Waals surface area contributed by atoms with Gasteiger partial charge in [0.15, 0.2) is 5.78 Å². The Hall–Kier alpha value is -3.57. The van der Waals surface area contributed by atoms with Gasteiger partial charge in [-0.25, -0.2) is 0 Å². The number of allylic oxidation sites excluding steroid dienone is 1. The van der Waals surface area contributed by atoms with Crippen LogP contribution in [0.15, 0.2) is 72.8 Å². The number of hydrogen-bond acceptors (Lipinski definition) is 4. The van der Waals surface area contributed by atoms with Gasteiger partial charge in [-0.1, -0.05) is 41.9 Å². The molecule has 0 radical (unpaired) electrons. The Balaban J connectivity index is 1.56. The molecular weight excluding hydrogens is 448 g/mol. The fraction of sp³-hybridized carbons (Fsp3) is 0.214. The van der Waals surface area contributed by atoms with Gasteiger partial charge in [-0.05, 0) is 67.8 Å². The van der Waals surface area contributed by atoms with Crippen LogP contribution in [-0.2, 0) is 13.0 Å². The molecule has 0 unspecified atom stereocenters. The Morgan fingerprint density at radius 2 is 1.82 bits per heavy atom. The molecule has 174 valence electrons. The van der Waals surface area contributed by atoms with Crippen molar-refractivity contribution in [2.75, 3.05) is 7.11 Å². The summed E-state index contributed by atoms with van der Waals surface area (Å²) in [6.45, 7) is 4.55. The molecule has 0 saturated carbocycles. The maximum absolute atomic E-state index is 13.2. The highest BCUT2D eigenvalue weighted by Gasteiger charge is 2.28. The first-order valence-corrected chi connectivity index (χ1v) is 11.5. The van der Waals surface area contributed by atoms with E-state index < -0.39 is 0 Å². The van der Waals surface area contributed by atoms with Crippen molar-refractivity contribution >= 4 is 29.0 Å². The number of hydrogen-bond donors (Lipinski definition) is 2. The molecule has 3 aromatic carbocycles. The molecule has 1 aliphatic heterocycles. The van der Waals surface area contributed by atoms with Crippen LogP contribution in [0.2, 0.25) is 5.02 Å². The van der Waals surface area contributed by atoms with E-state index in [9.17, 15) is 9.59 Å². The van der Waals surface area contributed by atoms with Crippen LogP contribution >= 0.6 is 11.6 Å². The van der Waals surface area contributed by atoms with E-state index >= 15 is 0 Å². The molecule has 1 amide bonds. The zero-order valence-electron chi connectivity index (χ0n) is 19.4. The maximum atomic E-state index is 13.2. The number of nitrogens with one attached hydrogen (secondary N) is 2. The lowest BCUT2D eigenvalue weighted by atomic mass is 9.85. The zero-order valence-corrected chi connectivity index (χ0v) is 20.2. The van der Waals surface area contributed by atoms with Gasteiger partial charge in [0.25, 0.3) is 5.91 Å². The summed E-state index contributed by atoms with van der Waals surface area (Å²) < 4.78 is 5.38. The van der Waals surface area contributed by atoms with Gasteiger partial charge in [-0.15, -0.1) is 0 Å². The largest absolute Gasteiger partial charge is 0.497 e. The Bertz CT molecular complexity index is 1280. The maximum Gasteiger partial charge on any atom is 0.251 e. The highest BCUT2D eigenvalue weighted by Crippen LogP contribution is 2.32. The molecule has 0 atom stereocenters. The Morgan fingerprint density at radius 1 is 1.06 bits per heavy atom. The number of fused-ring (bicyclic) bond motifs is 1. The van der Waals surface area contributed by atoms with Crippen LogP contribution < -0.4 is 15.4 Å². The van der Waals surface area contributed by atoms with Gasteiger partial charge in [0.05, 0.1) is 7.11 Å². The molecule has 0 bridgehead atoms. The van der Waals surface area contributed by atoms with E-state index in [4.69, 9.17) is 16.3 Å². The number of methoxy groups -OCH3 is 1. The van der Waals surface area contributed by atoms with Gasteiger partial charge in [0.1, 0.15) is 5.75 Å². The van der Waals surface area contributed by atoms with Crippen molar-refractivity contribution in [2.24, 2.45) is 0 Å². The molecule has 34 heavy (non-hydrogen) atoms. The summed E-state index contributed by atoms with van der Waals surface area (Å²) in [7, 11) is 1.62. The average Bonchev–Trinajstić information content (AvgIpc) is 2.81. The van der Waals surface area contributed by atoms with E-state index in [1.54, 1.807) is 49.6 Å². The summed E-state index contributed by atoms with van der Waals surface area (Å²) in [4.78, 5) is 25.9. The zero-order chi connectivity index (χ0) is 24.3. The Morgan fingerprint density at radius 3 is 2.59 bits per heavy atom. The monoisotopic (exact) mass is 474 g/mol. The van der Waals surface area contributed by atoms with Crippen LogP contribution in [0.5, 0.6) is 5.75 Å². The fourth-order valence-electron chi connectivity index (χ4n) is 4.11. The standard InChI is InChI=1S/C28H27ClN2O3/c1-28(2)16-21-10-11-23(34-3)14-24(21)25(31-28)15-26(32)19-7-5-8-20(13-19)27(33)30-17-18-6-4-9-22(29)12-18/h4-15,31H,16-17H2,1-3H3,(H,30,33). The predicted octanol–water partition coefficient (Wildman–Crippen LogP) is 5.43. The average molecular weight is 475 g/mol. The number of carbonyl (C=O) groups excluding carboxylic acids is 2. The number of amides is 1. The predicted molar refractivity (Wildman–Crippen MR) is 135 cm³/mol. The molecule has 1 aliphatic rings. The van der Waals surface area contributed by atoms with E-state index in [2.05, 4.69) is 24.5 Å². The van der Waals surface area contributed by atoms with Crippen molar-refractivity contribution in [3.05, 3.63) is 106 Å². The summed E-state index contributed by atoms with van der Waals surface area (Å²) in [5, 5.41) is 6.97. The molecule has 1 heterocycles. The van der Waals surface area contributed by atoms with E-state index in [1.807, 2.05) is 30.3 Å². The summed E-state index contributed by atoms with van der Waals surface area (Å²) in [5.41, 5.74) is 4.40. The van der Waals surface area contributed by atoms with Crippen LogP contribution in [0.3, 0.4) is 0 Å². The minimum absolute atomic E-state index is 0.182. The van der Waals surface area contributed by atoms with Crippen molar-refractivity contribution in [3.63, 3.8) is 0 Å². The molecular formula is C28H27ClN2O3. The molecule has 0 fully saturated rings. The molecule has 6 heteroatoms. The third-order valence-corrected chi connectivity index (χ3v) is 5.97. The van der Waals surface area contributed by atoms with Crippen LogP contribution in [-0.4, -0.2) is 24.3 Å². The molecule has 3 aromatic rings. The molecule has 0 aromatic heterocycles. The van der Waals surface area contributed by atoms with E-state index in [0.717, 1.165) is 34.6 Å². The first-order chi connectivity index (χ1) is 16.2. The highest BCUT2D eigenvalue weighted by atomic mass is 35.5. The minimum Gasteiger partial charge on any atom is -0.497 e. The third-order valence-electron chi connectivity index (χ3n) is 5.74. The smallest absolute Gasteiger partial charge is 0.251 e. The number of rotatable bonds is 6. The van der Waals surface area contributed by atoms with Crippen LogP contribution in [0.1, 0.15) is 51.3 Å². The van der Waals surface area contributed by atoms with Gasteiger partial charge >= 0.3 is 0 Å². The normalized spacial score (nSPS) is 15.2. The second-order valence-corrected chi connectivity index (χ2v) is 9.46. The lowest BCUT2D eigenvalue weighted by Gasteiger charge is -2.35. The van der Waals surface area contributed by atoms with Crippen LogP contribution in [0.4, 0.5) is 0 Å². The molecule has 5 nitrogen and oxygen atoms in total. The Labute approximate surface area is 204 Å². The number of carbonyl (C=O) groups is 2. The first-order valence-electron chi connectivity index (χ1n) is 11.1. The van der Waals surface area contributed by atoms with Gasteiger partial charge in [-0.2, -0.15) is 0 Å². The number of benzene rings is 3. The lowest BCUT2D eigenvalue weighted by molar-refractivity contribution is 0.0951. The third kappa shape index (κ3) is 5.49. The van der Waals surface area contributed by atoms with Gasteiger partial charge in [0, 0.05) is 45.6 Å². The highest BCUT2D eigenvalue weighted by molar-refractivity contribution is 6.30. The molecule has 0 spiro atoms. The van der Waals surface area contributed by atoms with Gasteiger partial charge in [0.2, 0.25) is 0 Å². The summed E-state index contributed by atoms with van der Waals surface area (Å²) in [5.74, 6) is 0.296. The van der Waals surface area contributed by atoms with Crippen molar-refractivity contribution in [1.29, 1.82) is 0 Å². The van der Waals surface area contributed by atoms with Crippen LogP contribution in [0.25, 0.3) is 5.70 Å². The van der Waals surface area contributed by atoms with Crippen molar-refractivity contribution < 1.29 is 14.3 Å². The number of halogens is 1. The summed E-state index contributed by atoms with van der Waals surface area (Å²) in [6, 6.07) is 20.0.